The minimum absolute atomic E-state index is 0.113. The van der Waals surface area contributed by atoms with Crippen LogP contribution in [0.1, 0.15) is 6.42 Å². The first-order chi connectivity index (χ1) is 9.90. The molecule has 4 atom stereocenters. The highest BCUT2D eigenvalue weighted by atomic mass is 16.4. The van der Waals surface area contributed by atoms with Gasteiger partial charge in [-0.25, -0.2) is 0 Å². The summed E-state index contributed by atoms with van der Waals surface area (Å²) < 4.78 is 0. The van der Waals surface area contributed by atoms with Crippen molar-refractivity contribution in [2.75, 3.05) is 13.1 Å². The van der Waals surface area contributed by atoms with Crippen molar-refractivity contribution in [3.05, 3.63) is 12.2 Å². The molecule has 2 amide bonds. The van der Waals surface area contributed by atoms with E-state index in [-0.39, 0.29) is 18.4 Å². The van der Waals surface area contributed by atoms with Gasteiger partial charge in [0.1, 0.15) is 6.54 Å². The second-order valence-corrected chi connectivity index (χ2v) is 5.23. The fraction of sp³-hybridized carbons (Fsp3) is 0.538. The number of carbonyl (C=O) groups is 4. The second-order valence-electron chi connectivity index (χ2n) is 5.23. The molecule has 0 heterocycles. The van der Waals surface area contributed by atoms with E-state index < -0.39 is 42.1 Å². The third kappa shape index (κ3) is 3.21. The maximum Gasteiger partial charge on any atom is 0.322 e. The monoisotopic (exact) mass is 296 g/mol. The Kier molecular flexibility index (Phi) is 4.25. The molecule has 21 heavy (non-hydrogen) atoms. The zero-order valence-electron chi connectivity index (χ0n) is 11.1. The molecule has 2 aliphatic carbocycles. The van der Waals surface area contributed by atoms with Crippen LogP contribution in [0.15, 0.2) is 12.2 Å². The van der Waals surface area contributed by atoms with E-state index in [1.54, 1.807) is 0 Å². The standard InChI is InChI=1S/C13H16N2O6/c16-8(14-5-9(17)18)4-15-12(19)10-6-1-2-7(3-6)11(10)13(20)21/h1-2,6-7,10-11H,3-5H2,(H,14,16)(H,15,19)(H,17,18)(H,20,21)/t6-,7+,10-,11+/m1/s1. The Hall–Kier alpha value is -2.38. The third-order valence-electron chi connectivity index (χ3n) is 3.91. The molecule has 2 rings (SSSR count). The molecule has 8 heteroatoms. The summed E-state index contributed by atoms with van der Waals surface area (Å²) in [6, 6.07) is 0. The number of carbonyl (C=O) groups excluding carboxylic acids is 2. The van der Waals surface area contributed by atoms with E-state index in [1.165, 1.54) is 0 Å². The van der Waals surface area contributed by atoms with Gasteiger partial charge in [0.25, 0.3) is 0 Å². The predicted molar refractivity (Wildman–Crippen MR) is 69.0 cm³/mol. The topological polar surface area (TPSA) is 133 Å². The highest BCUT2D eigenvalue weighted by Crippen LogP contribution is 2.48. The van der Waals surface area contributed by atoms with E-state index in [2.05, 4.69) is 10.6 Å². The third-order valence-corrected chi connectivity index (χ3v) is 3.91. The quantitative estimate of drug-likeness (QED) is 0.456. The molecule has 0 aromatic rings. The van der Waals surface area contributed by atoms with Crippen LogP contribution in [0.3, 0.4) is 0 Å². The van der Waals surface area contributed by atoms with Gasteiger partial charge in [-0.05, 0) is 18.3 Å². The number of nitrogens with one attached hydrogen (secondary N) is 2. The molecule has 1 saturated carbocycles. The fourth-order valence-electron chi connectivity index (χ4n) is 3.04. The van der Waals surface area contributed by atoms with Gasteiger partial charge in [-0.1, -0.05) is 12.2 Å². The Morgan fingerprint density at radius 1 is 0.952 bits per heavy atom. The van der Waals surface area contributed by atoms with Crippen LogP contribution in [0.5, 0.6) is 0 Å². The van der Waals surface area contributed by atoms with Crippen molar-refractivity contribution in [2.45, 2.75) is 6.42 Å². The van der Waals surface area contributed by atoms with Gasteiger partial charge in [0.05, 0.1) is 18.4 Å². The smallest absolute Gasteiger partial charge is 0.322 e. The average Bonchev–Trinajstić information content (AvgIpc) is 3.02. The lowest BCUT2D eigenvalue weighted by Gasteiger charge is -2.23. The summed E-state index contributed by atoms with van der Waals surface area (Å²) in [7, 11) is 0. The molecule has 0 radical (unpaired) electrons. The Labute approximate surface area is 120 Å². The molecule has 0 aliphatic heterocycles. The van der Waals surface area contributed by atoms with E-state index in [0.717, 1.165) is 0 Å². The lowest BCUT2D eigenvalue weighted by molar-refractivity contribution is -0.148. The number of carboxylic acids is 2. The number of fused-ring (bicyclic) bond motifs is 2. The number of amides is 2. The molecule has 114 valence electrons. The molecule has 0 unspecified atom stereocenters. The van der Waals surface area contributed by atoms with Crippen molar-refractivity contribution in [1.29, 1.82) is 0 Å². The van der Waals surface area contributed by atoms with Crippen molar-refractivity contribution in [3.63, 3.8) is 0 Å². The molecule has 0 aromatic heterocycles. The van der Waals surface area contributed by atoms with Crippen LogP contribution >= 0.6 is 0 Å². The maximum atomic E-state index is 12.1. The number of carboxylic acid groups (broad SMARTS) is 2. The number of hydrogen-bond acceptors (Lipinski definition) is 4. The number of rotatable bonds is 6. The van der Waals surface area contributed by atoms with E-state index in [9.17, 15) is 24.3 Å². The van der Waals surface area contributed by atoms with Gasteiger partial charge in [0, 0.05) is 0 Å². The van der Waals surface area contributed by atoms with Crippen molar-refractivity contribution in [2.24, 2.45) is 23.7 Å². The molecule has 8 nitrogen and oxygen atoms in total. The van der Waals surface area contributed by atoms with Crippen LogP contribution in [-0.4, -0.2) is 47.1 Å². The summed E-state index contributed by atoms with van der Waals surface area (Å²) >= 11 is 0. The van der Waals surface area contributed by atoms with Gasteiger partial charge in [-0.3, -0.25) is 19.2 Å². The second kappa shape index (κ2) is 5.94. The van der Waals surface area contributed by atoms with Gasteiger partial charge in [0.15, 0.2) is 0 Å². The van der Waals surface area contributed by atoms with E-state index in [0.29, 0.717) is 6.42 Å². The molecular weight excluding hydrogens is 280 g/mol. The van der Waals surface area contributed by atoms with Gasteiger partial charge in [0.2, 0.25) is 11.8 Å². The van der Waals surface area contributed by atoms with Crippen LogP contribution in [-0.2, 0) is 19.2 Å². The fourth-order valence-corrected chi connectivity index (χ4v) is 3.04. The van der Waals surface area contributed by atoms with E-state index in [1.807, 2.05) is 12.2 Å². The Morgan fingerprint density at radius 2 is 1.57 bits per heavy atom. The van der Waals surface area contributed by atoms with Crippen molar-refractivity contribution < 1.29 is 29.4 Å². The molecule has 2 aliphatic rings. The normalized spacial score (nSPS) is 29.1. The number of allylic oxidation sites excluding steroid dienone is 2. The molecule has 2 bridgehead atoms. The van der Waals surface area contributed by atoms with E-state index >= 15 is 0 Å². The highest BCUT2D eigenvalue weighted by Gasteiger charge is 2.51. The molecule has 0 saturated heterocycles. The summed E-state index contributed by atoms with van der Waals surface area (Å²) in [6.07, 6.45) is 4.31. The van der Waals surface area contributed by atoms with Gasteiger partial charge < -0.3 is 20.8 Å². The minimum Gasteiger partial charge on any atom is -0.481 e. The largest absolute Gasteiger partial charge is 0.481 e. The predicted octanol–water partition coefficient (Wildman–Crippen LogP) is -1.17. The summed E-state index contributed by atoms with van der Waals surface area (Å²) in [5, 5.41) is 22.1. The van der Waals surface area contributed by atoms with Crippen molar-refractivity contribution >= 4 is 23.8 Å². The lowest BCUT2D eigenvalue weighted by atomic mass is 9.82. The SMILES string of the molecule is O=C(O)CNC(=O)CNC(=O)[C@H]1[C@@H](C(=O)O)[C@H]2C=C[C@@H]1C2. The number of hydrogen-bond donors (Lipinski definition) is 4. The summed E-state index contributed by atoms with van der Waals surface area (Å²) in [5.41, 5.74) is 0. The van der Waals surface area contributed by atoms with Crippen LogP contribution in [0.4, 0.5) is 0 Å². The van der Waals surface area contributed by atoms with E-state index in [4.69, 9.17) is 5.11 Å². The Balaban J connectivity index is 1.88. The Bertz CT molecular complexity index is 515. The van der Waals surface area contributed by atoms with Crippen LogP contribution < -0.4 is 10.6 Å². The zero-order valence-corrected chi connectivity index (χ0v) is 11.1. The summed E-state index contributed by atoms with van der Waals surface area (Å²) in [6.45, 7) is -0.890. The highest BCUT2D eigenvalue weighted by molar-refractivity contribution is 5.90. The molecule has 0 aromatic carbocycles. The van der Waals surface area contributed by atoms with Crippen LogP contribution in [0.25, 0.3) is 0 Å². The van der Waals surface area contributed by atoms with Crippen molar-refractivity contribution in [3.8, 4) is 0 Å². The minimum atomic E-state index is -1.18. The van der Waals surface area contributed by atoms with Crippen LogP contribution in [0, 0.1) is 23.7 Å². The maximum absolute atomic E-state index is 12.1. The zero-order chi connectivity index (χ0) is 15.6. The van der Waals surface area contributed by atoms with Gasteiger partial charge in [-0.2, -0.15) is 0 Å². The van der Waals surface area contributed by atoms with Gasteiger partial charge in [-0.15, -0.1) is 0 Å². The molecule has 4 N–H and O–H groups in total. The number of aliphatic carboxylic acids is 2. The first-order valence-electron chi connectivity index (χ1n) is 6.57. The van der Waals surface area contributed by atoms with Crippen molar-refractivity contribution in [1.82, 2.24) is 10.6 Å². The first kappa shape index (κ1) is 15.0. The summed E-state index contributed by atoms with van der Waals surface area (Å²) in [4.78, 5) is 45.0. The van der Waals surface area contributed by atoms with Gasteiger partial charge >= 0.3 is 11.9 Å². The average molecular weight is 296 g/mol. The Morgan fingerprint density at radius 3 is 2.14 bits per heavy atom. The summed E-state index contributed by atoms with van der Waals surface area (Å²) in [5.74, 6) is -4.99. The molecule has 1 fully saturated rings. The molecule has 0 spiro atoms. The first-order valence-corrected chi connectivity index (χ1v) is 6.57. The lowest BCUT2D eigenvalue weighted by Crippen LogP contribution is -2.44. The molecular formula is C13H16N2O6. The van der Waals surface area contributed by atoms with Crippen LogP contribution in [0.2, 0.25) is 0 Å².